The van der Waals surface area contributed by atoms with Gasteiger partial charge in [-0.1, -0.05) is 20.8 Å². The average molecular weight is 234 g/mol. The maximum atomic E-state index is 11.7. The molecule has 0 N–H and O–H groups in total. The number of hydrogen-bond acceptors (Lipinski definition) is 2. The molecule has 2 heteroatoms. The lowest BCUT2D eigenvalue weighted by atomic mass is 9.83. The van der Waals surface area contributed by atoms with Crippen LogP contribution in [0.2, 0.25) is 0 Å². The Morgan fingerprint density at radius 3 is 2.71 bits per heavy atom. The van der Waals surface area contributed by atoms with Gasteiger partial charge in [-0.3, -0.25) is 4.79 Å². The summed E-state index contributed by atoms with van der Waals surface area (Å²) in [4.78, 5) is 11.7. The molecule has 0 amide bonds. The van der Waals surface area contributed by atoms with Crippen molar-refractivity contribution in [3.8, 4) is 0 Å². The summed E-state index contributed by atoms with van der Waals surface area (Å²) in [7, 11) is 0. The highest BCUT2D eigenvalue weighted by Crippen LogP contribution is 2.46. The number of hydrogen-bond donors (Lipinski definition) is 0. The van der Waals surface area contributed by atoms with E-state index in [4.69, 9.17) is 4.42 Å². The maximum absolute atomic E-state index is 11.7. The average Bonchev–Trinajstić information content (AvgIpc) is 2.82. The Labute approximate surface area is 103 Å². The van der Waals surface area contributed by atoms with Crippen LogP contribution >= 0.6 is 0 Å². The van der Waals surface area contributed by atoms with Crippen molar-refractivity contribution in [2.45, 2.75) is 52.4 Å². The van der Waals surface area contributed by atoms with E-state index >= 15 is 0 Å². The number of carbonyl (C=O) groups excluding carboxylic acids is 1. The van der Waals surface area contributed by atoms with Crippen LogP contribution in [0.3, 0.4) is 0 Å². The predicted octanol–water partition coefficient (Wildman–Crippen LogP) is 4.12. The van der Waals surface area contributed by atoms with Crippen molar-refractivity contribution in [1.82, 2.24) is 0 Å². The lowest BCUT2D eigenvalue weighted by Crippen LogP contribution is -2.18. The zero-order valence-electron chi connectivity index (χ0n) is 11.2. The minimum atomic E-state index is 0.161. The SMILES string of the molecule is CC(=O)[C@@H]1CC[C@H](C)[C@@H]1c1occc1C(C)C. The molecule has 1 fully saturated rings. The van der Waals surface area contributed by atoms with E-state index in [2.05, 4.69) is 26.8 Å². The van der Waals surface area contributed by atoms with Crippen molar-refractivity contribution in [3.05, 3.63) is 23.7 Å². The highest BCUT2D eigenvalue weighted by atomic mass is 16.3. The summed E-state index contributed by atoms with van der Waals surface area (Å²) in [6.07, 6.45) is 3.92. The van der Waals surface area contributed by atoms with Gasteiger partial charge in [0, 0.05) is 11.8 Å². The van der Waals surface area contributed by atoms with Crippen molar-refractivity contribution in [2.24, 2.45) is 11.8 Å². The molecule has 1 saturated carbocycles. The van der Waals surface area contributed by atoms with E-state index < -0.39 is 0 Å². The molecule has 0 spiro atoms. The van der Waals surface area contributed by atoms with Gasteiger partial charge in [-0.15, -0.1) is 0 Å². The second-order valence-electron chi connectivity index (χ2n) is 5.69. The predicted molar refractivity (Wildman–Crippen MR) is 68.1 cm³/mol. The first-order valence-corrected chi connectivity index (χ1v) is 6.60. The van der Waals surface area contributed by atoms with E-state index in [9.17, 15) is 4.79 Å². The maximum Gasteiger partial charge on any atom is 0.133 e. The molecule has 1 heterocycles. The van der Waals surface area contributed by atoms with E-state index in [-0.39, 0.29) is 5.92 Å². The first-order chi connectivity index (χ1) is 8.02. The molecule has 3 atom stereocenters. The van der Waals surface area contributed by atoms with E-state index in [0.717, 1.165) is 18.6 Å². The van der Waals surface area contributed by atoms with Crippen molar-refractivity contribution in [2.75, 3.05) is 0 Å². The summed E-state index contributed by atoms with van der Waals surface area (Å²) in [5.41, 5.74) is 1.27. The quantitative estimate of drug-likeness (QED) is 0.787. The van der Waals surface area contributed by atoms with Crippen LogP contribution in [0.4, 0.5) is 0 Å². The number of carbonyl (C=O) groups is 1. The number of rotatable bonds is 3. The number of furan rings is 1. The molecule has 94 valence electrons. The third-order valence-electron chi connectivity index (χ3n) is 4.15. The van der Waals surface area contributed by atoms with Crippen LogP contribution < -0.4 is 0 Å². The van der Waals surface area contributed by atoms with Crippen LogP contribution in [0, 0.1) is 11.8 Å². The highest BCUT2D eigenvalue weighted by Gasteiger charge is 2.40. The van der Waals surface area contributed by atoms with Crippen LogP contribution in [-0.4, -0.2) is 5.78 Å². The molecule has 2 nitrogen and oxygen atoms in total. The van der Waals surface area contributed by atoms with E-state index in [1.54, 1.807) is 13.2 Å². The Kier molecular flexibility index (Phi) is 3.41. The second kappa shape index (κ2) is 4.67. The summed E-state index contributed by atoms with van der Waals surface area (Å²) >= 11 is 0. The Balaban J connectivity index is 2.36. The van der Waals surface area contributed by atoms with Crippen LogP contribution in [0.5, 0.6) is 0 Å². The molecular formula is C15H22O2. The molecule has 1 aliphatic rings. The third kappa shape index (κ3) is 2.18. The molecule has 0 unspecified atom stereocenters. The third-order valence-corrected chi connectivity index (χ3v) is 4.15. The minimum Gasteiger partial charge on any atom is -0.469 e. The number of ketones is 1. The summed E-state index contributed by atoms with van der Waals surface area (Å²) in [5.74, 6) is 2.83. The zero-order chi connectivity index (χ0) is 12.6. The van der Waals surface area contributed by atoms with Crippen molar-refractivity contribution < 1.29 is 9.21 Å². The largest absolute Gasteiger partial charge is 0.469 e. The minimum absolute atomic E-state index is 0.161. The molecule has 0 aliphatic heterocycles. The molecule has 2 rings (SSSR count). The molecule has 0 saturated heterocycles. The molecule has 0 radical (unpaired) electrons. The van der Waals surface area contributed by atoms with Gasteiger partial charge in [0.05, 0.1) is 6.26 Å². The van der Waals surface area contributed by atoms with Gasteiger partial charge in [0.15, 0.2) is 0 Å². The van der Waals surface area contributed by atoms with Crippen LogP contribution in [-0.2, 0) is 4.79 Å². The zero-order valence-corrected chi connectivity index (χ0v) is 11.2. The topological polar surface area (TPSA) is 30.2 Å². The van der Waals surface area contributed by atoms with Gasteiger partial charge >= 0.3 is 0 Å². The lowest BCUT2D eigenvalue weighted by molar-refractivity contribution is -0.121. The van der Waals surface area contributed by atoms with Crippen LogP contribution in [0.15, 0.2) is 16.7 Å². The van der Waals surface area contributed by atoms with E-state index in [1.807, 2.05) is 0 Å². The fourth-order valence-corrected chi connectivity index (χ4v) is 3.17. The Hall–Kier alpha value is -1.05. The molecule has 17 heavy (non-hydrogen) atoms. The Morgan fingerprint density at radius 1 is 1.41 bits per heavy atom. The van der Waals surface area contributed by atoms with Crippen molar-refractivity contribution >= 4 is 5.78 Å². The van der Waals surface area contributed by atoms with Crippen molar-refractivity contribution in [3.63, 3.8) is 0 Å². The Morgan fingerprint density at radius 2 is 2.12 bits per heavy atom. The number of Topliss-reactive ketones (excluding diaryl/α,β-unsaturated/α-hetero) is 1. The van der Waals surface area contributed by atoms with Gasteiger partial charge in [0.25, 0.3) is 0 Å². The molecular weight excluding hydrogens is 212 g/mol. The van der Waals surface area contributed by atoms with Gasteiger partial charge in [0.2, 0.25) is 0 Å². The lowest BCUT2D eigenvalue weighted by Gasteiger charge is -2.21. The standard InChI is InChI=1S/C15H22O2/c1-9(2)12-7-8-17-15(12)14-10(3)5-6-13(14)11(4)16/h7-10,13-14H,5-6H2,1-4H3/t10-,13-,14-/m0/s1. The van der Waals surface area contributed by atoms with E-state index in [1.165, 1.54) is 5.56 Å². The van der Waals surface area contributed by atoms with Gasteiger partial charge in [-0.25, -0.2) is 0 Å². The molecule has 0 aromatic carbocycles. The summed E-state index contributed by atoms with van der Waals surface area (Å²) < 4.78 is 5.71. The first-order valence-electron chi connectivity index (χ1n) is 6.60. The smallest absolute Gasteiger partial charge is 0.133 e. The molecule has 1 aliphatic carbocycles. The van der Waals surface area contributed by atoms with Gasteiger partial charge in [0.1, 0.15) is 11.5 Å². The first kappa shape index (κ1) is 12.4. The Bertz CT molecular complexity index is 403. The van der Waals surface area contributed by atoms with Crippen LogP contribution in [0.1, 0.15) is 63.7 Å². The van der Waals surface area contributed by atoms with Crippen LogP contribution in [0.25, 0.3) is 0 Å². The summed E-state index contributed by atoms with van der Waals surface area (Å²) in [6, 6.07) is 2.06. The second-order valence-corrected chi connectivity index (χ2v) is 5.69. The fourth-order valence-electron chi connectivity index (χ4n) is 3.17. The van der Waals surface area contributed by atoms with Gasteiger partial charge in [-0.05, 0) is 43.2 Å². The molecule has 0 bridgehead atoms. The fraction of sp³-hybridized carbons (Fsp3) is 0.667. The summed E-state index contributed by atoms with van der Waals surface area (Å²) in [6.45, 7) is 8.31. The van der Waals surface area contributed by atoms with E-state index in [0.29, 0.717) is 23.5 Å². The highest BCUT2D eigenvalue weighted by molar-refractivity contribution is 5.79. The van der Waals surface area contributed by atoms with Gasteiger partial charge in [-0.2, -0.15) is 0 Å². The normalized spacial score (nSPS) is 28.9. The van der Waals surface area contributed by atoms with Gasteiger partial charge < -0.3 is 4.42 Å². The van der Waals surface area contributed by atoms with Crippen molar-refractivity contribution in [1.29, 1.82) is 0 Å². The monoisotopic (exact) mass is 234 g/mol. The molecule has 1 aromatic heterocycles. The molecule has 1 aromatic rings. The summed E-state index contributed by atoms with van der Waals surface area (Å²) in [5, 5.41) is 0.